The Hall–Kier alpha value is -3.28. The fraction of sp³-hybridized carbons (Fsp3) is 0.190. The van der Waals surface area contributed by atoms with Crippen molar-refractivity contribution in [3.05, 3.63) is 77.6 Å². The van der Waals surface area contributed by atoms with Crippen LogP contribution in [-0.4, -0.2) is 22.6 Å². The number of hydrogen-bond donors (Lipinski definition) is 2. The summed E-state index contributed by atoms with van der Waals surface area (Å²) in [5.74, 6) is -0.111. The Labute approximate surface area is 157 Å². The molecule has 3 aromatic rings. The summed E-state index contributed by atoms with van der Waals surface area (Å²) in [6.45, 7) is 4.64. The Kier molecular flexibility index (Phi) is 5.16. The van der Waals surface area contributed by atoms with Gasteiger partial charge in [0.1, 0.15) is 11.6 Å². The van der Waals surface area contributed by atoms with Crippen molar-refractivity contribution < 1.29 is 9.18 Å². The van der Waals surface area contributed by atoms with Gasteiger partial charge >= 0.3 is 0 Å². The Morgan fingerprint density at radius 1 is 1.07 bits per heavy atom. The fourth-order valence-electron chi connectivity index (χ4n) is 2.74. The van der Waals surface area contributed by atoms with E-state index in [1.807, 2.05) is 38.1 Å². The lowest BCUT2D eigenvalue weighted by Gasteiger charge is -2.26. The highest BCUT2D eigenvalue weighted by Gasteiger charge is 2.21. The molecule has 3 N–H and O–H groups in total. The first kappa shape index (κ1) is 18.5. The number of carbonyl (C=O) groups excluding carboxylic acids is 1. The minimum Gasteiger partial charge on any atom is -0.368 e. The van der Waals surface area contributed by atoms with Crippen molar-refractivity contribution in [1.29, 1.82) is 0 Å². The highest BCUT2D eigenvalue weighted by atomic mass is 19.1. The maximum absolute atomic E-state index is 13.5. The number of aromatic nitrogens is 2. The van der Waals surface area contributed by atoms with Crippen molar-refractivity contribution in [3.63, 3.8) is 0 Å². The van der Waals surface area contributed by atoms with Crippen molar-refractivity contribution in [1.82, 2.24) is 10.2 Å². The Balaban J connectivity index is 1.71. The number of nitrogens with zero attached hydrogens (tertiary/aromatic N) is 2. The lowest BCUT2D eigenvalue weighted by Crippen LogP contribution is -2.28. The van der Waals surface area contributed by atoms with Crippen molar-refractivity contribution >= 4 is 11.7 Å². The lowest BCUT2D eigenvalue weighted by molar-refractivity contribution is 0.100. The predicted octanol–water partition coefficient (Wildman–Crippen LogP) is 3.77. The van der Waals surface area contributed by atoms with Crippen LogP contribution < -0.4 is 11.1 Å². The largest absolute Gasteiger partial charge is 0.368 e. The summed E-state index contributed by atoms with van der Waals surface area (Å²) in [5.41, 5.74) is 7.78. The third-order valence-electron chi connectivity index (χ3n) is 4.42. The SMILES string of the molecule is CC(C)(CNc1ccc(-c2cccc(C(N)=O)c2)nn1)c1cccc(F)c1. The van der Waals surface area contributed by atoms with Crippen LogP contribution in [0.25, 0.3) is 11.3 Å². The molecule has 1 heterocycles. The zero-order valence-corrected chi connectivity index (χ0v) is 15.2. The first-order valence-electron chi connectivity index (χ1n) is 8.59. The molecule has 0 fully saturated rings. The number of rotatable bonds is 6. The van der Waals surface area contributed by atoms with Crippen molar-refractivity contribution in [2.75, 3.05) is 11.9 Å². The summed E-state index contributed by atoms with van der Waals surface area (Å²) in [5, 5.41) is 11.6. The van der Waals surface area contributed by atoms with Crippen molar-refractivity contribution in [2.45, 2.75) is 19.3 Å². The minimum atomic E-state index is -0.484. The molecule has 27 heavy (non-hydrogen) atoms. The predicted molar refractivity (Wildman–Crippen MR) is 104 cm³/mol. The van der Waals surface area contributed by atoms with Crippen LogP contribution in [0.1, 0.15) is 29.8 Å². The van der Waals surface area contributed by atoms with Gasteiger partial charge in [-0.15, -0.1) is 10.2 Å². The van der Waals surface area contributed by atoms with Gasteiger partial charge in [0.05, 0.1) is 5.69 Å². The van der Waals surface area contributed by atoms with Gasteiger partial charge in [-0.2, -0.15) is 0 Å². The molecule has 2 aromatic carbocycles. The van der Waals surface area contributed by atoms with Gasteiger partial charge in [-0.25, -0.2) is 4.39 Å². The molecule has 0 saturated carbocycles. The van der Waals surface area contributed by atoms with E-state index in [-0.39, 0.29) is 11.2 Å². The summed E-state index contributed by atoms with van der Waals surface area (Å²) >= 11 is 0. The van der Waals surface area contributed by atoms with Crippen molar-refractivity contribution in [2.24, 2.45) is 5.73 Å². The van der Waals surface area contributed by atoms with Crippen LogP contribution in [0.4, 0.5) is 10.2 Å². The molecule has 0 aliphatic rings. The molecular weight excluding hydrogens is 343 g/mol. The molecule has 0 aliphatic heterocycles. The monoisotopic (exact) mass is 364 g/mol. The topological polar surface area (TPSA) is 80.9 Å². The minimum absolute atomic E-state index is 0.247. The van der Waals surface area contributed by atoms with Gasteiger partial charge in [-0.05, 0) is 42.0 Å². The van der Waals surface area contributed by atoms with Crippen LogP contribution >= 0.6 is 0 Å². The Morgan fingerprint density at radius 3 is 2.52 bits per heavy atom. The summed E-state index contributed by atoms with van der Waals surface area (Å²) in [6, 6.07) is 17.2. The van der Waals surface area contributed by atoms with Crippen LogP contribution in [0.2, 0.25) is 0 Å². The maximum atomic E-state index is 13.5. The van der Waals surface area contributed by atoms with E-state index in [0.717, 1.165) is 11.1 Å². The van der Waals surface area contributed by atoms with Crippen LogP contribution in [0.5, 0.6) is 0 Å². The van der Waals surface area contributed by atoms with E-state index in [2.05, 4.69) is 15.5 Å². The number of hydrogen-bond acceptors (Lipinski definition) is 4. The van der Waals surface area contributed by atoms with E-state index in [4.69, 9.17) is 5.73 Å². The third-order valence-corrected chi connectivity index (χ3v) is 4.42. The molecule has 3 rings (SSSR count). The second-order valence-electron chi connectivity index (χ2n) is 7.00. The molecular formula is C21H21FN4O. The molecule has 0 unspecified atom stereocenters. The molecule has 6 heteroatoms. The van der Waals surface area contributed by atoms with Crippen LogP contribution in [-0.2, 0) is 5.41 Å². The first-order chi connectivity index (χ1) is 12.8. The molecule has 1 amide bonds. The van der Waals surface area contributed by atoms with Gasteiger partial charge in [0.2, 0.25) is 5.91 Å². The third kappa shape index (κ3) is 4.47. The van der Waals surface area contributed by atoms with Gasteiger partial charge in [0.15, 0.2) is 0 Å². The number of benzene rings is 2. The van der Waals surface area contributed by atoms with Gasteiger partial charge < -0.3 is 11.1 Å². The zero-order valence-electron chi connectivity index (χ0n) is 15.2. The second kappa shape index (κ2) is 7.53. The second-order valence-corrected chi connectivity index (χ2v) is 7.00. The molecule has 0 aliphatic carbocycles. The van der Waals surface area contributed by atoms with E-state index >= 15 is 0 Å². The fourth-order valence-corrected chi connectivity index (χ4v) is 2.74. The number of amides is 1. The molecule has 1 aromatic heterocycles. The maximum Gasteiger partial charge on any atom is 0.248 e. The number of nitrogens with one attached hydrogen (secondary N) is 1. The molecule has 5 nitrogen and oxygen atoms in total. The normalized spacial score (nSPS) is 11.2. The average molecular weight is 364 g/mol. The van der Waals surface area contributed by atoms with E-state index in [0.29, 0.717) is 23.6 Å². The van der Waals surface area contributed by atoms with E-state index in [1.54, 1.807) is 30.3 Å². The highest BCUT2D eigenvalue weighted by molar-refractivity contribution is 5.93. The summed E-state index contributed by atoms with van der Waals surface area (Å²) < 4.78 is 13.5. The molecule has 0 saturated heterocycles. The zero-order chi connectivity index (χ0) is 19.4. The number of halogens is 1. The average Bonchev–Trinajstić information content (AvgIpc) is 2.67. The molecule has 138 valence electrons. The summed E-state index contributed by atoms with van der Waals surface area (Å²) in [7, 11) is 0. The summed E-state index contributed by atoms with van der Waals surface area (Å²) in [4.78, 5) is 11.3. The van der Waals surface area contributed by atoms with E-state index in [1.165, 1.54) is 6.07 Å². The summed E-state index contributed by atoms with van der Waals surface area (Å²) in [6.07, 6.45) is 0. The molecule has 0 atom stereocenters. The standard InChI is InChI=1S/C21H21FN4O/c1-21(2,16-7-4-8-17(22)12-16)13-24-19-10-9-18(25-26-19)14-5-3-6-15(11-14)20(23)27/h3-12H,13H2,1-2H3,(H2,23,27)(H,24,26). The quantitative estimate of drug-likeness (QED) is 0.698. The van der Waals surface area contributed by atoms with Gasteiger partial charge in [-0.3, -0.25) is 4.79 Å². The van der Waals surface area contributed by atoms with Gasteiger partial charge in [0, 0.05) is 23.1 Å². The number of primary amides is 1. The number of nitrogens with two attached hydrogens (primary N) is 1. The first-order valence-corrected chi connectivity index (χ1v) is 8.59. The van der Waals surface area contributed by atoms with Crippen molar-refractivity contribution in [3.8, 4) is 11.3 Å². The number of carbonyl (C=O) groups is 1. The van der Waals surface area contributed by atoms with E-state index < -0.39 is 5.91 Å². The molecule has 0 bridgehead atoms. The van der Waals surface area contributed by atoms with Crippen LogP contribution in [0.3, 0.4) is 0 Å². The lowest BCUT2D eigenvalue weighted by atomic mass is 9.84. The van der Waals surface area contributed by atoms with Crippen LogP contribution in [0.15, 0.2) is 60.7 Å². The molecule has 0 spiro atoms. The van der Waals surface area contributed by atoms with E-state index in [9.17, 15) is 9.18 Å². The smallest absolute Gasteiger partial charge is 0.248 e. The number of anilines is 1. The highest BCUT2D eigenvalue weighted by Crippen LogP contribution is 2.24. The van der Waals surface area contributed by atoms with Gasteiger partial charge in [0.25, 0.3) is 0 Å². The van der Waals surface area contributed by atoms with Crippen LogP contribution in [0, 0.1) is 5.82 Å². The Morgan fingerprint density at radius 2 is 1.85 bits per heavy atom. The van der Waals surface area contributed by atoms with Gasteiger partial charge in [-0.1, -0.05) is 38.1 Å². The molecule has 0 radical (unpaired) electrons. The Bertz CT molecular complexity index is 954.